The van der Waals surface area contributed by atoms with E-state index in [4.69, 9.17) is 11.6 Å². The van der Waals surface area contributed by atoms with Gasteiger partial charge in [0.1, 0.15) is 0 Å². The van der Waals surface area contributed by atoms with E-state index < -0.39 is 0 Å². The summed E-state index contributed by atoms with van der Waals surface area (Å²) in [5, 5.41) is 0. The lowest BCUT2D eigenvalue weighted by Crippen LogP contribution is -1.77. The predicted octanol–water partition coefficient (Wildman–Crippen LogP) is 2.47. The highest BCUT2D eigenvalue weighted by Gasteiger charge is 1.86. The quantitative estimate of drug-likeness (QED) is 0.375. The van der Waals surface area contributed by atoms with Gasteiger partial charge >= 0.3 is 0 Å². The molecule has 0 aromatic carbocycles. The Hall–Kier alpha value is -0.0131. The Kier molecular flexibility index (Phi) is 11.0. The fourth-order valence-electron chi connectivity index (χ4n) is 0.822. The Morgan fingerprint density at radius 1 is 1.17 bits per heavy atom. The highest BCUT2D eigenvalue weighted by atomic mass is 35.5. The van der Waals surface area contributed by atoms with Gasteiger partial charge in [-0.1, -0.05) is 23.3 Å². The largest absolute Gasteiger partial charge is 0.122 e. The smallest absolute Gasteiger partial charge is 0.0406 e. The topological polar surface area (TPSA) is 0 Å². The van der Waals surface area contributed by atoms with Crippen LogP contribution in [-0.4, -0.2) is 16.8 Å². The zero-order valence-electron chi connectivity index (χ0n) is 7.65. The summed E-state index contributed by atoms with van der Waals surface area (Å²) in [6, 6.07) is 0. The second kappa shape index (κ2) is 9.08. The molecule has 0 aromatic heterocycles. The first-order valence-electron chi connectivity index (χ1n) is 4.01. The summed E-state index contributed by atoms with van der Waals surface area (Å²) in [6.45, 7) is 6.38. The highest BCUT2D eigenvalue weighted by Crippen LogP contribution is 2.06. The molecular weight excluding hydrogens is 184 g/mol. The van der Waals surface area contributed by atoms with Crippen molar-refractivity contribution in [3.8, 4) is 0 Å². The lowest BCUT2D eigenvalue weighted by atomic mass is 10.1. The van der Waals surface area contributed by atoms with Gasteiger partial charge in [0.2, 0.25) is 0 Å². The molecule has 0 bridgehead atoms. The van der Waals surface area contributed by atoms with Crippen molar-refractivity contribution >= 4 is 22.6 Å². The van der Waals surface area contributed by atoms with Gasteiger partial charge in [0, 0.05) is 5.88 Å². The van der Waals surface area contributed by atoms with Crippen LogP contribution in [-0.2, 0) is 0 Å². The van der Waals surface area contributed by atoms with E-state index in [1.54, 1.807) is 0 Å². The number of halogens is 1. The first-order valence-corrected chi connectivity index (χ1v) is 4.55. The first kappa shape index (κ1) is 14.5. The summed E-state index contributed by atoms with van der Waals surface area (Å²) in [5.74, 6) is 0.640. The molecule has 0 rings (SSSR count). The van der Waals surface area contributed by atoms with Gasteiger partial charge in [0.15, 0.2) is 0 Å². The third-order valence-electron chi connectivity index (χ3n) is 1.52. The van der Waals surface area contributed by atoms with E-state index in [0.29, 0.717) is 5.88 Å². The number of rotatable bonds is 4. The summed E-state index contributed by atoms with van der Waals surface area (Å²) in [4.78, 5) is 0. The van der Waals surface area contributed by atoms with Crippen LogP contribution in [0.2, 0.25) is 0 Å². The molecule has 0 spiro atoms. The fourth-order valence-corrected chi connectivity index (χ4v) is 1.09. The van der Waals surface area contributed by atoms with E-state index in [1.807, 2.05) is 0 Å². The molecular formula is C10H21ClSi. The summed E-state index contributed by atoms with van der Waals surface area (Å²) in [5.41, 5.74) is 2.78. The maximum absolute atomic E-state index is 5.55. The molecule has 72 valence electrons. The molecule has 0 aliphatic heterocycles. The van der Waals surface area contributed by atoms with Crippen molar-refractivity contribution in [2.24, 2.45) is 0 Å². The van der Waals surface area contributed by atoms with Gasteiger partial charge in [-0.15, -0.1) is 11.6 Å². The summed E-state index contributed by atoms with van der Waals surface area (Å²) in [6.07, 6.45) is 6.60. The molecule has 0 amide bonds. The van der Waals surface area contributed by atoms with Crippen molar-refractivity contribution in [1.82, 2.24) is 0 Å². The normalized spacial score (nSPS) is 10.5. The lowest BCUT2D eigenvalue weighted by molar-refractivity contribution is 0.964. The summed E-state index contributed by atoms with van der Waals surface area (Å²) < 4.78 is 0. The van der Waals surface area contributed by atoms with Crippen LogP contribution < -0.4 is 0 Å². The second-order valence-corrected chi connectivity index (χ2v) is 3.33. The van der Waals surface area contributed by atoms with E-state index in [9.17, 15) is 0 Å². The zero-order valence-corrected chi connectivity index (χ0v) is 8.41. The minimum absolute atomic E-state index is 0. The molecule has 0 atom stereocenters. The van der Waals surface area contributed by atoms with Crippen molar-refractivity contribution in [1.29, 1.82) is 0 Å². The molecule has 0 aliphatic rings. The van der Waals surface area contributed by atoms with Crippen LogP contribution in [0.25, 0.3) is 0 Å². The number of allylic oxidation sites excluding steroid dienone is 4. The third-order valence-corrected chi connectivity index (χ3v) is 1.67. The van der Waals surface area contributed by atoms with Crippen LogP contribution in [0.15, 0.2) is 23.3 Å². The molecule has 12 heavy (non-hydrogen) atoms. The van der Waals surface area contributed by atoms with Gasteiger partial charge in [-0.25, -0.2) is 0 Å². The van der Waals surface area contributed by atoms with Gasteiger partial charge < -0.3 is 0 Å². The van der Waals surface area contributed by atoms with Crippen LogP contribution in [0, 0.1) is 0 Å². The van der Waals surface area contributed by atoms with Gasteiger partial charge in [-0.05, 0) is 44.6 Å². The molecule has 0 heterocycles. The maximum Gasteiger partial charge on any atom is 0.0406 e. The minimum Gasteiger partial charge on any atom is -0.122 e. The monoisotopic (exact) mass is 204 g/mol. The van der Waals surface area contributed by atoms with E-state index in [2.05, 4.69) is 32.9 Å². The summed E-state index contributed by atoms with van der Waals surface area (Å²) >= 11 is 5.55. The average Bonchev–Trinajstić information content (AvgIpc) is 1.87. The Bertz CT molecular complexity index is 155. The van der Waals surface area contributed by atoms with Crippen LogP contribution in [0.5, 0.6) is 0 Å². The van der Waals surface area contributed by atoms with Crippen molar-refractivity contribution in [3.05, 3.63) is 23.3 Å². The molecule has 0 fully saturated rings. The lowest BCUT2D eigenvalue weighted by Gasteiger charge is -1.96. The van der Waals surface area contributed by atoms with Crippen LogP contribution >= 0.6 is 11.6 Å². The van der Waals surface area contributed by atoms with Gasteiger partial charge in [0.25, 0.3) is 0 Å². The first-order chi connectivity index (χ1) is 5.16. The van der Waals surface area contributed by atoms with Gasteiger partial charge in [-0.2, -0.15) is 0 Å². The Labute approximate surface area is 85.7 Å². The van der Waals surface area contributed by atoms with Crippen molar-refractivity contribution in [2.45, 2.75) is 33.6 Å². The number of alkyl halides is 1. The number of hydrogen-bond donors (Lipinski definition) is 0. The molecule has 0 saturated heterocycles. The van der Waals surface area contributed by atoms with Crippen molar-refractivity contribution in [2.75, 3.05) is 5.88 Å². The Morgan fingerprint density at radius 2 is 1.75 bits per heavy atom. The van der Waals surface area contributed by atoms with Crippen LogP contribution in [0.1, 0.15) is 33.6 Å². The average molecular weight is 205 g/mol. The van der Waals surface area contributed by atoms with Crippen molar-refractivity contribution < 1.29 is 0 Å². The summed E-state index contributed by atoms with van der Waals surface area (Å²) in [7, 11) is 0. The molecule has 0 unspecified atom stereocenters. The van der Waals surface area contributed by atoms with Crippen molar-refractivity contribution in [3.63, 3.8) is 0 Å². The van der Waals surface area contributed by atoms with E-state index in [-0.39, 0.29) is 11.0 Å². The van der Waals surface area contributed by atoms with Crippen LogP contribution in [0.3, 0.4) is 0 Å². The standard InChI is InChI=1S/C10H17Cl.H4Si/c1-9(2)5-4-6-10(3)7-8-11;/h5,7H,4,6,8H2,1-3H3;1H4/b10-7+;. The molecule has 0 aliphatic carbocycles. The minimum atomic E-state index is 0. The fraction of sp³-hybridized carbons (Fsp3) is 0.600. The number of hydrogen-bond acceptors (Lipinski definition) is 0. The molecule has 0 saturated carbocycles. The molecule has 0 nitrogen and oxygen atoms in total. The van der Waals surface area contributed by atoms with E-state index in [0.717, 1.165) is 12.8 Å². The molecule has 2 heteroatoms. The van der Waals surface area contributed by atoms with Gasteiger partial charge in [-0.3, -0.25) is 0 Å². The highest BCUT2D eigenvalue weighted by molar-refractivity contribution is 6.18. The molecule has 0 radical (unpaired) electrons. The molecule has 0 aromatic rings. The van der Waals surface area contributed by atoms with Crippen LogP contribution in [0.4, 0.5) is 0 Å². The van der Waals surface area contributed by atoms with E-state index in [1.165, 1.54) is 11.1 Å². The van der Waals surface area contributed by atoms with Gasteiger partial charge in [0.05, 0.1) is 0 Å². The second-order valence-electron chi connectivity index (χ2n) is 3.02. The predicted molar refractivity (Wildman–Crippen MR) is 64.5 cm³/mol. The maximum atomic E-state index is 5.55. The van der Waals surface area contributed by atoms with E-state index >= 15 is 0 Å². The zero-order chi connectivity index (χ0) is 8.69. The Balaban J connectivity index is 0. The third kappa shape index (κ3) is 9.99. The Morgan fingerprint density at radius 3 is 2.17 bits per heavy atom. The SMILES string of the molecule is CC(C)=CCC/C(C)=C/CCl.[SiH4]. The molecule has 0 N–H and O–H groups in total.